The molecule has 0 fully saturated rings. The van der Waals surface area contributed by atoms with Crippen LogP contribution in [0, 0.1) is 6.92 Å². The minimum absolute atomic E-state index is 0.0458. The summed E-state index contributed by atoms with van der Waals surface area (Å²) in [7, 11) is 0. The van der Waals surface area contributed by atoms with Crippen molar-refractivity contribution < 1.29 is 4.79 Å². The Morgan fingerprint density at radius 1 is 1.32 bits per heavy atom. The Hall–Kier alpha value is -2.01. The van der Waals surface area contributed by atoms with Crippen molar-refractivity contribution in [3.63, 3.8) is 0 Å². The van der Waals surface area contributed by atoms with Gasteiger partial charge in [-0.15, -0.1) is 11.8 Å². The Morgan fingerprint density at radius 2 is 2.05 bits per heavy atom. The largest absolute Gasteiger partial charge is 0.398 e. The number of nitrogens with one attached hydrogen (secondary N) is 1. The third-order valence-corrected chi connectivity index (χ3v) is 3.68. The Labute approximate surface area is 116 Å². The maximum Gasteiger partial charge on any atom is 0.234 e. The molecule has 0 saturated heterocycles. The zero-order valence-corrected chi connectivity index (χ0v) is 11.4. The molecular weight excluding hydrogens is 258 g/mol. The molecule has 19 heavy (non-hydrogen) atoms. The summed E-state index contributed by atoms with van der Waals surface area (Å²) < 4.78 is 0. The molecule has 98 valence electrons. The molecule has 1 heterocycles. The Kier molecular flexibility index (Phi) is 4.41. The van der Waals surface area contributed by atoms with E-state index < -0.39 is 0 Å². The lowest BCUT2D eigenvalue weighted by Crippen LogP contribution is -2.15. The molecule has 0 bridgehead atoms. The number of aromatic nitrogens is 1. The Balaban J connectivity index is 1.93. The van der Waals surface area contributed by atoms with E-state index >= 15 is 0 Å². The monoisotopic (exact) mass is 273 g/mol. The van der Waals surface area contributed by atoms with Gasteiger partial charge < -0.3 is 11.1 Å². The van der Waals surface area contributed by atoms with Crippen LogP contribution < -0.4 is 11.1 Å². The zero-order chi connectivity index (χ0) is 13.7. The molecule has 0 unspecified atom stereocenters. The van der Waals surface area contributed by atoms with E-state index in [0.717, 1.165) is 16.1 Å². The molecule has 4 nitrogen and oxygen atoms in total. The van der Waals surface area contributed by atoms with Crippen LogP contribution in [0.15, 0.2) is 47.6 Å². The highest BCUT2D eigenvalue weighted by molar-refractivity contribution is 8.00. The Bertz CT molecular complexity index is 572. The molecule has 1 aromatic heterocycles. The van der Waals surface area contributed by atoms with Gasteiger partial charge in [0.05, 0.1) is 5.75 Å². The van der Waals surface area contributed by atoms with E-state index in [0.29, 0.717) is 11.4 Å². The fraction of sp³-hybridized carbons (Fsp3) is 0.143. The molecule has 0 atom stereocenters. The number of thioether (sulfide) groups is 1. The second-order valence-electron chi connectivity index (χ2n) is 4.04. The van der Waals surface area contributed by atoms with Gasteiger partial charge in [-0.05, 0) is 36.8 Å². The number of rotatable bonds is 4. The number of nitrogens with zero attached hydrogens (tertiary/aromatic N) is 1. The molecule has 0 spiro atoms. The van der Waals surface area contributed by atoms with E-state index in [4.69, 9.17) is 5.73 Å². The Morgan fingerprint density at radius 3 is 2.79 bits per heavy atom. The summed E-state index contributed by atoms with van der Waals surface area (Å²) in [6, 6.07) is 9.25. The first-order valence-corrected chi connectivity index (χ1v) is 6.83. The molecule has 5 heteroatoms. The summed E-state index contributed by atoms with van der Waals surface area (Å²) in [5.41, 5.74) is 8.14. The molecule has 0 saturated carbocycles. The van der Waals surface area contributed by atoms with E-state index in [1.165, 1.54) is 11.8 Å². The standard InChI is InChI=1S/C14H15N3OS/c1-10-12(15)3-2-4-13(10)17-14(18)9-19-11-5-7-16-8-6-11/h2-8H,9,15H2,1H3,(H,17,18). The normalized spacial score (nSPS) is 10.2. The maximum atomic E-state index is 11.9. The molecule has 1 amide bonds. The minimum atomic E-state index is -0.0458. The zero-order valence-electron chi connectivity index (χ0n) is 10.6. The van der Waals surface area contributed by atoms with Crippen molar-refractivity contribution in [2.24, 2.45) is 0 Å². The number of pyridine rings is 1. The van der Waals surface area contributed by atoms with Gasteiger partial charge >= 0.3 is 0 Å². The van der Waals surface area contributed by atoms with Gasteiger partial charge in [0.15, 0.2) is 0 Å². The van der Waals surface area contributed by atoms with Gasteiger partial charge in [0.25, 0.3) is 0 Å². The first kappa shape index (κ1) is 13.4. The van der Waals surface area contributed by atoms with Crippen molar-refractivity contribution in [3.8, 4) is 0 Å². The molecule has 0 radical (unpaired) electrons. The van der Waals surface area contributed by atoms with Gasteiger partial charge in [0.2, 0.25) is 5.91 Å². The van der Waals surface area contributed by atoms with Crippen molar-refractivity contribution >= 4 is 29.0 Å². The van der Waals surface area contributed by atoms with E-state index in [2.05, 4.69) is 10.3 Å². The smallest absolute Gasteiger partial charge is 0.234 e. The predicted octanol–water partition coefficient (Wildman–Crippen LogP) is 2.70. The fourth-order valence-electron chi connectivity index (χ4n) is 1.56. The van der Waals surface area contributed by atoms with E-state index in [-0.39, 0.29) is 5.91 Å². The van der Waals surface area contributed by atoms with E-state index in [9.17, 15) is 4.79 Å². The van der Waals surface area contributed by atoms with E-state index in [1.54, 1.807) is 12.4 Å². The first-order valence-electron chi connectivity index (χ1n) is 5.84. The van der Waals surface area contributed by atoms with Crippen molar-refractivity contribution in [3.05, 3.63) is 48.3 Å². The highest BCUT2D eigenvalue weighted by Gasteiger charge is 2.06. The van der Waals surface area contributed by atoms with Crippen molar-refractivity contribution in [2.75, 3.05) is 16.8 Å². The van der Waals surface area contributed by atoms with Gasteiger partial charge in [-0.25, -0.2) is 0 Å². The molecule has 0 aliphatic heterocycles. The lowest BCUT2D eigenvalue weighted by atomic mass is 10.1. The number of carbonyl (C=O) groups excluding carboxylic acids is 1. The van der Waals surface area contributed by atoms with Crippen molar-refractivity contribution in [2.45, 2.75) is 11.8 Å². The average Bonchev–Trinajstić information content (AvgIpc) is 2.43. The van der Waals surface area contributed by atoms with Gasteiger partial charge in [-0.2, -0.15) is 0 Å². The van der Waals surface area contributed by atoms with Crippen LogP contribution in [0.3, 0.4) is 0 Å². The van der Waals surface area contributed by atoms with Crippen LogP contribution in [0.2, 0.25) is 0 Å². The second-order valence-corrected chi connectivity index (χ2v) is 5.09. The van der Waals surface area contributed by atoms with Crippen LogP contribution in [-0.4, -0.2) is 16.6 Å². The number of nitrogen functional groups attached to an aromatic ring is 1. The van der Waals surface area contributed by atoms with Gasteiger partial charge in [-0.1, -0.05) is 6.07 Å². The van der Waals surface area contributed by atoms with Crippen LogP contribution in [0.4, 0.5) is 11.4 Å². The van der Waals surface area contributed by atoms with Gasteiger partial charge in [0.1, 0.15) is 0 Å². The maximum absolute atomic E-state index is 11.9. The van der Waals surface area contributed by atoms with Crippen molar-refractivity contribution in [1.82, 2.24) is 4.98 Å². The fourth-order valence-corrected chi connectivity index (χ4v) is 2.24. The van der Waals surface area contributed by atoms with Crippen LogP contribution in [0.5, 0.6) is 0 Å². The molecule has 0 aliphatic rings. The summed E-state index contributed by atoms with van der Waals surface area (Å²) in [4.78, 5) is 16.8. The number of benzene rings is 1. The van der Waals surface area contributed by atoms with Gasteiger partial charge in [0, 0.05) is 28.7 Å². The number of nitrogens with two attached hydrogens (primary N) is 1. The van der Waals surface area contributed by atoms with Crippen molar-refractivity contribution in [1.29, 1.82) is 0 Å². The molecule has 1 aromatic carbocycles. The molecular formula is C14H15N3OS. The SMILES string of the molecule is Cc1c(N)cccc1NC(=O)CSc1ccncc1. The summed E-state index contributed by atoms with van der Waals surface area (Å²) in [5.74, 6) is 0.314. The number of carbonyl (C=O) groups is 1. The quantitative estimate of drug-likeness (QED) is 0.664. The van der Waals surface area contributed by atoms with Crippen LogP contribution in [-0.2, 0) is 4.79 Å². The van der Waals surface area contributed by atoms with Crippen LogP contribution >= 0.6 is 11.8 Å². The summed E-state index contributed by atoms with van der Waals surface area (Å²) in [5, 5.41) is 2.87. The molecule has 2 aromatic rings. The molecule has 3 N–H and O–H groups in total. The second kappa shape index (κ2) is 6.24. The lowest BCUT2D eigenvalue weighted by Gasteiger charge is -2.09. The van der Waals surface area contributed by atoms with Gasteiger partial charge in [-0.3, -0.25) is 9.78 Å². The summed E-state index contributed by atoms with van der Waals surface area (Å²) in [6.07, 6.45) is 3.42. The third-order valence-electron chi connectivity index (χ3n) is 2.67. The highest BCUT2D eigenvalue weighted by atomic mass is 32.2. The lowest BCUT2D eigenvalue weighted by molar-refractivity contribution is -0.113. The third kappa shape index (κ3) is 3.72. The summed E-state index contributed by atoms with van der Waals surface area (Å²) >= 11 is 1.47. The highest BCUT2D eigenvalue weighted by Crippen LogP contribution is 2.21. The number of hydrogen-bond donors (Lipinski definition) is 2. The number of anilines is 2. The first-order chi connectivity index (χ1) is 9.16. The summed E-state index contributed by atoms with van der Waals surface area (Å²) in [6.45, 7) is 1.89. The van der Waals surface area contributed by atoms with E-state index in [1.807, 2.05) is 37.3 Å². The topological polar surface area (TPSA) is 68.0 Å². The molecule has 2 rings (SSSR count). The van der Waals surface area contributed by atoms with Crippen LogP contribution in [0.1, 0.15) is 5.56 Å². The molecule has 0 aliphatic carbocycles. The minimum Gasteiger partial charge on any atom is -0.398 e. The predicted molar refractivity (Wildman–Crippen MR) is 79.2 cm³/mol. The van der Waals surface area contributed by atoms with Crippen LogP contribution in [0.25, 0.3) is 0 Å². The number of amides is 1. The number of hydrogen-bond acceptors (Lipinski definition) is 4. The average molecular weight is 273 g/mol.